The van der Waals surface area contributed by atoms with Crippen molar-refractivity contribution in [3.8, 4) is 0 Å². The first-order valence-corrected chi connectivity index (χ1v) is 9.76. The molecule has 4 heteroatoms. The van der Waals surface area contributed by atoms with Gasteiger partial charge < -0.3 is 9.32 Å². The molecule has 1 unspecified atom stereocenters. The molecule has 0 aliphatic carbocycles. The molecule has 0 radical (unpaired) electrons. The molecule has 1 saturated heterocycles. The van der Waals surface area contributed by atoms with Crippen molar-refractivity contribution in [2.24, 2.45) is 0 Å². The highest BCUT2D eigenvalue weighted by atomic mass is 16.3. The average Bonchev–Trinajstić information content (AvgIpc) is 3.07. The van der Waals surface area contributed by atoms with Crippen molar-refractivity contribution in [1.82, 2.24) is 9.80 Å². The minimum Gasteiger partial charge on any atom is -0.468 e. The van der Waals surface area contributed by atoms with Crippen molar-refractivity contribution in [3.63, 3.8) is 0 Å². The second-order valence-corrected chi connectivity index (χ2v) is 7.45. The molecule has 0 spiro atoms. The molecule has 1 amide bonds. The van der Waals surface area contributed by atoms with E-state index in [1.807, 2.05) is 35.2 Å². The number of hydrogen-bond acceptors (Lipinski definition) is 3. The van der Waals surface area contributed by atoms with Crippen LogP contribution in [0.25, 0.3) is 0 Å². The number of amides is 1. The normalized spacial score (nSPS) is 18.7. The van der Waals surface area contributed by atoms with Gasteiger partial charge in [-0.1, -0.05) is 43.2 Å². The van der Waals surface area contributed by atoms with E-state index in [1.165, 1.54) is 18.4 Å². The highest BCUT2D eigenvalue weighted by Crippen LogP contribution is 2.30. The Morgan fingerprint density at radius 2 is 1.96 bits per heavy atom. The molecular formula is C22H30N2O2. The Balaban J connectivity index is 1.72. The molecule has 2 heterocycles. The van der Waals surface area contributed by atoms with Gasteiger partial charge in [-0.3, -0.25) is 9.69 Å². The Hall–Kier alpha value is -2.07. The molecule has 1 aromatic heterocycles. The first-order valence-electron chi connectivity index (χ1n) is 9.76. The fraction of sp³-hybridized carbons (Fsp3) is 0.500. The molecule has 1 aliphatic heterocycles. The van der Waals surface area contributed by atoms with Gasteiger partial charge in [0.1, 0.15) is 5.76 Å². The summed E-state index contributed by atoms with van der Waals surface area (Å²) in [5.74, 6) is 1.18. The van der Waals surface area contributed by atoms with Crippen LogP contribution >= 0.6 is 0 Å². The summed E-state index contributed by atoms with van der Waals surface area (Å²) in [5.41, 5.74) is 1.17. The predicted molar refractivity (Wildman–Crippen MR) is 104 cm³/mol. The molecule has 2 aromatic rings. The van der Waals surface area contributed by atoms with Crippen LogP contribution < -0.4 is 0 Å². The third-order valence-corrected chi connectivity index (χ3v) is 5.21. The van der Waals surface area contributed by atoms with Gasteiger partial charge in [0.2, 0.25) is 5.91 Å². The van der Waals surface area contributed by atoms with Crippen LogP contribution in [0.15, 0.2) is 53.1 Å². The van der Waals surface area contributed by atoms with Crippen molar-refractivity contribution >= 4 is 5.91 Å². The summed E-state index contributed by atoms with van der Waals surface area (Å²) in [6, 6.07) is 14.6. The number of carbonyl (C=O) groups excluding carboxylic acids is 1. The van der Waals surface area contributed by atoms with Crippen molar-refractivity contribution < 1.29 is 9.21 Å². The van der Waals surface area contributed by atoms with Gasteiger partial charge in [0.15, 0.2) is 0 Å². The predicted octanol–water partition coefficient (Wildman–Crippen LogP) is 4.63. The summed E-state index contributed by atoms with van der Waals surface area (Å²) in [6.45, 7) is 6.25. The molecule has 0 N–H and O–H groups in total. The van der Waals surface area contributed by atoms with Gasteiger partial charge in [0.25, 0.3) is 0 Å². The monoisotopic (exact) mass is 354 g/mol. The van der Waals surface area contributed by atoms with Crippen molar-refractivity contribution in [1.29, 1.82) is 0 Å². The van der Waals surface area contributed by atoms with Crippen LogP contribution in [0.1, 0.15) is 56.9 Å². The van der Waals surface area contributed by atoms with Crippen LogP contribution in [0.3, 0.4) is 0 Å². The van der Waals surface area contributed by atoms with E-state index in [0.29, 0.717) is 13.1 Å². The van der Waals surface area contributed by atoms with Gasteiger partial charge >= 0.3 is 0 Å². The lowest BCUT2D eigenvalue weighted by Gasteiger charge is -2.33. The number of rotatable bonds is 6. The van der Waals surface area contributed by atoms with Crippen molar-refractivity contribution in [2.75, 3.05) is 13.1 Å². The minimum absolute atomic E-state index is 0.178. The summed E-state index contributed by atoms with van der Waals surface area (Å²) in [7, 11) is 0. The number of carbonyl (C=O) groups is 1. The van der Waals surface area contributed by atoms with Crippen LogP contribution in [-0.2, 0) is 11.3 Å². The summed E-state index contributed by atoms with van der Waals surface area (Å²) in [6.07, 6.45) is 6.34. The first-order chi connectivity index (χ1) is 12.6. The molecule has 26 heavy (non-hydrogen) atoms. The van der Waals surface area contributed by atoms with Crippen molar-refractivity contribution in [3.05, 3.63) is 60.1 Å². The third-order valence-electron chi connectivity index (χ3n) is 5.21. The maximum atomic E-state index is 13.1. The second kappa shape index (κ2) is 9.04. The Morgan fingerprint density at radius 1 is 1.15 bits per heavy atom. The van der Waals surface area contributed by atoms with Crippen LogP contribution in [-0.4, -0.2) is 34.8 Å². The fourth-order valence-electron chi connectivity index (χ4n) is 3.76. The SMILES string of the molecule is CC(C)N(Cc1ccccc1)C(=O)CN1CCCCCC1c1ccco1. The molecular weight excluding hydrogens is 324 g/mol. The maximum absolute atomic E-state index is 13.1. The molecule has 1 aliphatic rings. The standard InChI is InChI=1S/C22H30N2O2/c1-18(2)24(16-19-10-5-3-6-11-19)22(25)17-23-14-8-4-7-12-20(23)21-13-9-15-26-21/h3,5-6,9-11,13,15,18,20H,4,7-8,12,14,16-17H2,1-2H3. The van der Waals surface area contributed by atoms with E-state index in [9.17, 15) is 4.79 Å². The first kappa shape index (κ1) is 18.7. The van der Waals surface area contributed by atoms with E-state index in [1.54, 1.807) is 6.26 Å². The second-order valence-electron chi connectivity index (χ2n) is 7.45. The molecule has 1 atom stereocenters. The number of furan rings is 1. The highest BCUT2D eigenvalue weighted by molar-refractivity contribution is 5.78. The van der Waals surface area contributed by atoms with E-state index in [2.05, 4.69) is 30.9 Å². The summed E-state index contributed by atoms with van der Waals surface area (Å²) < 4.78 is 5.68. The van der Waals surface area contributed by atoms with Crippen molar-refractivity contribution in [2.45, 2.75) is 58.2 Å². The van der Waals surface area contributed by atoms with E-state index in [4.69, 9.17) is 4.42 Å². The maximum Gasteiger partial charge on any atom is 0.237 e. The molecule has 1 fully saturated rings. The Bertz CT molecular complexity index is 667. The molecule has 0 saturated carbocycles. The zero-order valence-electron chi connectivity index (χ0n) is 15.9. The number of likely N-dealkylation sites (tertiary alicyclic amines) is 1. The number of benzene rings is 1. The number of hydrogen-bond donors (Lipinski definition) is 0. The van der Waals surface area contributed by atoms with Gasteiger partial charge in [0.05, 0.1) is 18.8 Å². The zero-order valence-corrected chi connectivity index (χ0v) is 15.9. The fourth-order valence-corrected chi connectivity index (χ4v) is 3.76. The molecule has 0 bridgehead atoms. The molecule has 1 aromatic carbocycles. The number of nitrogens with zero attached hydrogens (tertiary/aromatic N) is 2. The molecule has 4 nitrogen and oxygen atoms in total. The zero-order chi connectivity index (χ0) is 18.4. The topological polar surface area (TPSA) is 36.7 Å². The largest absolute Gasteiger partial charge is 0.468 e. The summed E-state index contributed by atoms with van der Waals surface area (Å²) >= 11 is 0. The smallest absolute Gasteiger partial charge is 0.237 e. The van der Waals surface area contributed by atoms with Crippen LogP contribution in [0.4, 0.5) is 0 Å². The van der Waals surface area contributed by atoms with Gasteiger partial charge in [-0.15, -0.1) is 0 Å². The minimum atomic E-state index is 0.178. The quantitative estimate of drug-likeness (QED) is 0.759. The average molecular weight is 354 g/mol. The van der Waals surface area contributed by atoms with E-state index < -0.39 is 0 Å². The van der Waals surface area contributed by atoms with Gasteiger partial charge in [-0.05, 0) is 50.9 Å². The van der Waals surface area contributed by atoms with E-state index in [-0.39, 0.29) is 18.0 Å². The van der Waals surface area contributed by atoms with E-state index in [0.717, 1.165) is 25.1 Å². The lowest BCUT2D eigenvalue weighted by molar-refractivity contribution is -0.135. The highest BCUT2D eigenvalue weighted by Gasteiger charge is 2.28. The Kier molecular flexibility index (Phi) is 6.51. The summed E-state index contributed by atoms with van der Waals surface area (Å²) in [5, 5.41) is 0. The van der Waals surface area contributed by atoms with Gasteiger partial charge in [-0.2, -0.15) is 0 Å². The lowest BCUT2D eigenvalue weighted by atomic mass is 10.1. The van der Waals surface area contributed by atoms with Crippen LogP contribution in [0.5, 0.6) is 0 Å². The molecule has 140 valence electrons. The Morgan fingerprint density at radius 3 is 2.65 bits per heavy atom. The van der Waals surface area contributed by atoms with Crippen LogP contribution in [0.2, 0.25) is 0 Å². The Labute approximate surface area is 156 Å². The molecule has 3 rings (SSSR count). The van der Waals surface area contributed by atoms with Crippen LogP contribution in [0, 0.1) is 0 Å². The third kappa shape index (κ3) is 4.76. The summed E-state index contributed by atoms with van der Waals surface area (Å²) in [4.78, 5) is 17.4. The van der Waals surface area contributed by atoms with E-state index >= 15 is 0 Å². The van der Waals surface area contributed by atoms with Gasteiger partial charge in [-0.25, -0.2) is 0 Å². The van der Waals surface area contributed by atoms with Gasteiger partial charge in [0, 0.05) is 12.6 Å². The lowest BCUT2D eigenvalue weighted by Crippen LogP contribution is -2.44.